The lowest BCUT2D eigenvalue weighted by Crippen LogP contribution is -2.34. The molecule has 1 aliphatic rings. The molecule has 7 heteroatoms. The summed E-state index contributed by atoms with van der Waals surface area (Å²) >= 11 is 5.88. The summed E-state index contributed by atoms with van der Waals surface area (Å²) in [5.41, 5.74) is 2.72. The van der Waals surface area contributed by atoms with Crippen molar-refractivity contribution in [1.29, 1.82) is 0 Å². The molecule has 2 aromatic rings. The van der Waals surface area contributed by atoms with Gasteiger partial charge in [0.05, 0.1) is 12.3 Å². The van der Waals surface area contributed by atoms with Crippen molar-refractivity contribution in [1.82, 2.24) is 20.3 Å². The number of urea groups is 1. The molecule has 0 aliphatic carbocycles. The molecule has 0 unspecified atom stereocenters. The first-order valence-electron chi connectivity index (χ1n) is 7.28. The third kappa shape index (κ3) is 3.84. The Hall–Kier alpha value is -2.47. The van der Waals surface area contributed by atoms with Crippen LogP contribution in [0.5, 0.6) is 0 Å². The van der Waals surface area contributed by atoms with Crippen LogP contribution < -0.4 is 5.32 Å². The van der Waals surface area contributed by atoms with E-state index < -0.39 is 0 Å². The van der Waals surface area contributed by atoms with Gasteiger partial charge < -0.3 is 5.32 Å². The van der Waals surface area contributed by atoms with Crippen molar-refractivity contribution in [3.05, 3.63) is 58.6 Å². The molecule has 0 radical (unpaired) electrons. The van der Waals surface area contributed by atoms with E-state index in [4.69, 9.17) is 11.6 Å². The van der Waals surface area contributed by atoms with E-state index in [1.807, 2.05) is 31.2 Å². The molecule has 1 aromatic carbocycles. The maximum absolute atomic E-state index is 12.2. The second kappa shape index (κ2) is 6.75. The predicted octanol–water partition coefficient (Wildman–Crippen LogP) is 2.76. The van der Waals surface area contributed by atoms with E-state index in [1.165, 1.54) is 5.01 Å². The minimum Gasteiger partial charge on any atom is -0.332 e. The van der Waals surface area contributed by atoms with Crippen LogP contribution in [0.4, 0.5) is 4.79 Å². The van der Waals surface area contributed by atoms with Crippen LogP contribution in [0.1, 0.15) is 23.4 Å². The Morgan fingerprint density at radius 3 is 2.65 bits per heavy atom. The van der Waals surface area contributed by atoms with Gasteiger partial charge in [-0.1, -0.05) is 23.7 Å². The molecule has 0 saturated carbocycles. The van der Waals surface area contributed by atoms with E-state index in [2.05, 4.69) is 20.4 Å². The molecule has 2 amide bonds. The summed E-state index contributed by atoms with van der Waals surface area (Å²) < 4.78 is 0. The molecule has 23 heavy (non-hydrogen) atoms. The summed E-state index contributed by atoms with van der Waals surface area (Å²) in [6.45, 7) is 2.76. The molecule has 118 valence electrons. The normalized spacial score (nSPS) is 13.8. The highest BCUT2D eigenvalue weighted by Gasteiger charge is 2.21. The van der Waals surface area contributed by atoms with Crippen molar-refractivity contribution < 1.29 is 4.79 Å². The molecule has 0 bridgehead atoms. The molecule has 0 saturated heterocycles. The predicted molar refractivity (Wildman–Crippen MR) is 88.3 cm³/mol. The zero-order chi connectivity index (χ0) is 16.2. The number of hydrazone groups is 1. The lowest BCUT2D eigenvalue weighted by molar-refractivity contribution is 0.205. The fraction of sp³-hybridized carbons (Fsp3) is 0.250. The number of nitrogens with one attached hydrogen (secondary N) is 1. The van der Waals surface area contributed by atoms with Gasteiger partial charge in [0.1, 0.15) is 5.82 Å². The van der Waals surface area contributed by atoms with Crippen molar-refractivity contribution in [2.75, 3.05) is 6.54 Å². The molecule has 1 aliphatic heterocycles. The van der Waals surface area contributed by atoms with Crippen molar-refractivity contribution in [2.24, 2.45) is 5.10 Å². The molecule has 2 heterocycles. The molecule has 6 nitrogen and oxygen atoms in total. The van der Waals surface area contributed by atoms with E-state index in [0.29, 0.717) is 23.9 Å². The van der Waals surface area contributed by atoms with E-state index in [1.54, 1.807) is 12.4 Å². The monoisotopic (exact) mass is 329 g/mol. The van der Waals surface area contributed by atoms with Crippen LogP contribution >= 0.6 is 11.6 Å². The Kier molecular flexibility index (Phi) is 4.52. The first-order valence-corrected chi connectivity index (χ1v) is 7.66. The number of rotatable bonds is 3. The Morgan fingerprint density at radius 1 is 1.26 bits per heavy atom. The average Bonchev–Trinajstić information content (AvgIpc) is 3.05. The maximum atomic E-state index is 12.2. The number of aromatic nitrogens is 2. The summed E-state index contributed by atoms with van der Waals surface area (Å²) in [6.07, 6.45) is 4.13. The largest absolute Gasteiger partial charge is 0.338 e. The van der Waals surface area contributed by atoms with Crippen molar-refractivity contribution in [3.8, 4) is 0 Å². The molecule has 0 spiro atoms. The summed E-state index contributed by atoms with van der Waals surface area (Å²) in [4.78, 5) is 20.4. The Morgan fingerprint density at radius 2 is 1.96 bits per heavy atom. The summed E-state index contributed by atoms with van der Waals surface area (Å²) in [5, 5.41) is 9.32. The van der Waals surface area contributed by atoms with Crippen LogP contribution in [0.25, 0.3) is 0 Å². The topological polar surface area (TPSA) is 70.5 Å². The fourth-order valence-electron chi connectivity index (χ4n) is 2.23. The molecule has 1 aromatic heterocycles. The number of amides is 2. The number of hydrogen-bond acceptors (Lipinski definition) is 4. The third-order valence-corrected chi connectivity index (χ3v) is 3.74. The highest BCUT2D eigenvalue weighted by molar-refractivity contribution is 6.30. The van der Waals surface area contributed by atoms with Gasteiger partial charge in [-0.05, 0) is 24.6 Å². The lowest BCUT2D eigenvalue weighted by atomic mass is 10.1. The van der Waals surface area contributed by atoms with Crippen molar-refractivity contribution >= 4 is 23.3 Å². The maximum Gasteiger partial charge on any atom is 0.338 e. The minimum atomic E-state index is -0.227. The highest BCUT2D eigenvalue weighted by atomic mass is 35.5. The fourth-order valence-corrected chi connectivity index (χ4v) is 2.35. The van der Waals surface area contributed by atoms with E-state index >= 15 is 0 Å². The van der Waals surface area contributed by atoms with Crippen molar-refractivity contribution in [2.45, 2.75) is 19.9 Å². The number of hydrogen-bond donors (Lipinski definition) is 1. The lowest BCUT2D eigenvalue weighted by Gasteiger charge is -2.12. The van der Waals surface area contributed by atoms with E-state index in [9.17, 15) is 4.79 Å². The average molecular weight is 330 g/mol. The second-order valence-corrected chi connectivity index (χ2v) is 5.66. The molecule has 0 atom stereocenters. The van der Waals surface area contributed by atoms with Gasteiger partial charge in [0, 0.05) is 35.9 Å². The van der Waals surface area contributed by atoms with Gasteiger partial charge in [-0.3, -0.25) is 0 Å². The van der Waals surface area contributed by atoms with Gasteiger partial charge in [0.25, 0.3) is 0 Å². The van der Waals surface area contributed by atoms with Gasteiger partial charge in [-0.25, -0.2) is 19.8 Å². The number of halogens is 1. The molecular weight excluding hydrogens is 314 g/mol. The SMILES string of the molecule is Cc1ncc(CNC(=O)N2CCC(c3ccc(Cl)cc3)=N2)cn1. The molecule has 3 rings (SSSR count). The first-order chi connectivity index (χ1) is 11.1. The summed E-state index contributed by atoms with van der Waals surface area (Å²) in [6, 6.07) is 7.23. The zero-order valence-corrected chi connectivity index (χ0v) is 13.4. The molecule has 0 fully saturated rings. The van der Waals surface area contributed by atoms with Gasteiger partial charge in [0.15, 0.2) is 0 Å². The van der Waals surface area contributed by atoms with Gasteiger partial charge in [-0.2, -0.15) is 5.10 Å². The third-order valence-electron chi connectivity index (χ3n) is 3.49. The number of aryl methyl sites for hydroxylation is 1. The van der Waals surface area contributed by atoms with Gasteiger partial charge >= 0.3 is 6.03 Å². The zero-order valence-electron chi connectivity index (χ0n) is 12.7. The van der Waals surface area contributed by atoms with E-state index in [-0.39, 0.29) is 6.03 Å². The summed E-state index contributed by atoms with van der Waals surface area (Å²) in [7, 11) is 0. The van der Waals surface area contributed by atoms with Crippen LogP contribution in [0.2, 0.25) is 5.02 Å². The minimum absolute atomic E-state index is 0.227. The quantitative estimate of drug-likeness (QED) is 0.941. The smallest absolute Gasteiger partial charge is 0.332 e. The van der Waals surface area contributed by atoms with E-state index in [0.717, 1.165) is 23.3 Å². The Bertz CT molecular complexity index is 727. The van der Waals surface area contributed by atoms with Crippen molar-refractivity contribution in [3.63, 3.8) is 0 Å². The number of benzene rings is 1. The molecule has 1 N–H and O–H groups in total. The second-order valence-electron chi connectivity index (χ2n) is 5.22. The van der Waals surface area contributed by atoms with Crippen LogP contribution in [-0.4, -0.2) is 33.3 Å². The first kappa shape index (κ1) is 15.4. The van der Waals surface area contributed by atoms with Gasteiger partial charge in [0.2, 0.25) is 0 Å². The highest BCUT2D eigenvalue weighted by Crippen LogP contribution is 2.16. The number of nitrogens with zero attached hydrogens (tertiary/aromatic N) is 4. The van der Waals surface area contributed by atoms with Crippen LogP contribution in [-0.2, 0) is 6.54 Å². The Labute approximate surface area is 139 Å². The molecular formula is C16H16ClN5O. The van der Waals surface area contributed by atoms with Crippen LogP contribution in [0, 0.1) is 6.92 Å². The van der Waals surface area contributed by atoms with Gasteiger partial charge in [-0.15, -0.1) is 0 Å². The summed E-state index contributed by atoms with van der Waals surface area (Å²) in [5.74, 6) is 0.705. The number of carbonyl (C=O) groups excluding carboxylic acids is 1. The Balaban J connectivity index is 1.60. The van der Waals surface area contributed by atoms with Crippen LogP contribution in [0.15, 0.2) is 41.8 Å². The number of carbonyl (C=O) groups is 1. The van der Waals surface area contributed by atoms with Crippen LogP contribution in [0.3, 0.4) is 0 Å². The standard InChI is InChI=1S/C16H16ClN5O/c1-11-18-8-12(9-19-11)10-20-16(23)22-7-6-15(21-22)13-2-4-14(17)5-3-13/h2-5,8-9H,6-7,10H2,1H3,(H,20,23).